The van der Waals surface area contributed by atoms with Gasteiger partial charge in [0, 0.05) is 38.4 Å². The molecular weight excluding hydrogens is 252 g/mol. The van der Waals surface area contributed by atoms with Crippen LogP contribution < -0.4 is 5.32 Å². The fourth-order valence-corrected chi connectivity index (χ4v) is 3.53. The van der Waals surface area contributed by atoms with Crippen molar-refractivity contribution in [2.45, 2.75) is 37.3 Å². The SMILES string of the molecule is c1cnc(NC2COC3(CCN(CC4CC4)C3)C2)nc1. The molecule has 3 aliphatic rings. The van der Waals surface area contributed by atoms with Crippen LogP contribution in [0.3, 0.4) is 0 Å². The summed E-state index contributed by atoms with van der Waals surface area (Å²) in [6.07, 6.45) is 8.65. The van der Waals surface area contributed by atoms with Gasteiger partial charge in [-0.25, -0.2) is 9.97 Å². The Bertz CT molecular complexity index is 464. The van der Waals surface area contributed by atoms with E-state index in [4.69, 9.17) is 4.74 Å². The number of rotatable bonds is 4. The second-order valence-corrected chi connectivity index (χ2v) is 6.54. The highest BCUT2D eigenvalue weighted by atomic mass is 16.5. The Labute approximate surface area is 119 Å². The van der Waals surface area contributed by atoms with Gasteiger partial charge in [0.25, 0.3) is 0 Å². The van der Waals surface area contributed by atoms with Crippen molar-refractivity contribution in [1.29, 1.82) is 0 Å². The van der Waals surface area contributed by atoms with E-state index in [0.29, 0.717) is 12.0 Å². The number of aromatic nitrogens is 2. The summed E-state index contributed by atoms with van der Waals surface area (Å²) >= 11 is 0. The van der Waals surface area contributed by atoms with Gasteiger partial charge in [0.15, 0.2) is 0 Å². The molecule has 1 spiro atoms. The minimum Gasteiger partial charge on any atom is -0.371 e. The summed E-state index contributed by atoms with van der Waals surface area (Å²) in [6.45, 7) is 4.36. The molecule has 1 saturated carbocycles. The van der Waals surface area contributed by atoms with Gasteiger partial charge in [-0.2, -0.15) is 0 Å². The van der Waals surface area contributed by atoms with E-state index in [1.54, 1.807) is 12.4 Å². The molecule has 1 aromatic heterocycles. The molecule has 3 heterocycles. The van der Waals surface area contributed by atoms with Crippen LogP contribution in [0.1, 0.15) is 25.7 Å². The number of ether oxygens (including phenoxy) is 1. The second-order valence-electron chi connectivity index (χ2n) is 6.54. The predicted molar refractivity (Wildman–Crippen MR) is 76.5 cm³/mol. The van der Waals surface area contributed by atoms with E-state index in [1.165, 1.54) is 32.4 Å². The van der Waals surface area contributed by atoms with Crippen molar-refractivity contribution < 1.29 is 4.74 Å². The topological polar surface area (TPSA) is 50.3 Å². The molecule has 5 heteroatoms. The average molecular weight is 274 g/mol. The lowest BCUT2D eigenvalue weighted by Gasteiger charge is -2.23. The van der Waals surface area contributed by atoms with E-state index in [1.807, 2.05) is 6.07 Å². The van der Waals surface area contributed by atoms with Gasteiger partial charge in [-0.1, -0.05) is 0 Å². The van der Waals surface area contributed by atoms with Crippen LogP contribution in [0.15, 0.2) is 18.5 Å². The largest absolute Gasteiger partial charge is 0.371 e. The standard InChI is InChI=1S/C15H22N4O/c1-5-16-14(17-6-1)18-13-8-15(20-10-13)4-7-19(11-15)9-12-2-3-12/h1,5-6,12-13H,2-4,7-11H2,(H,16,17,18). The van der Waals surface area contributed by atoms with Crippen molar-refractivity contribution in [2.24, 2.45) is 5.92 Å². The molecule has 0 radical (unpaired) electrons. The Morgan fingerprint density at radius 1 is 1.35 bits per heavy atom. The molecule has 20 heavy (non-hydrogen) atoms. The lowest BCUT2D eigenvalue weighted by Crippen LogP contribution is -2.34. The monoisotopic (exact) mass is 274 g/mol. The van der Waals surface area contributed by atoms with Gasteiger partial charge < -0.3 is 15.0 Å². The maximum absolute atomic E-state index is 6.16. The van der Waals surface area contributed by atoms with Crippen molar-refractivity contribution in [3.63, 3.8) is 0 Å². The predicted octanol–water partition coefficient (Wildman–Crippen LogP) is 1.53. The zero-order chi connectivity index (χ0) is 13.4. The Hall–Kier alpha value is -1.20. The summed E-state index contributed by atoms with van der Waals surface area (Å²) in [6, 6.07) is 2.18. The van der Waals surface area contributed by atoms with Gasteiger partial charge in [-0.3, -0.25) is 0 Å². The lowest BCUT2D eigenvalue weighted by atomic mass is 9.97. The summed E-state index contributed by atoms with van der Waals surface area (Å²) in [7, 11) is 0. The molecule has 2 unspecified atom stereocenters. The van der Waals surface area contributed by atoms with Crippen LogP contribution >= 0.6 is 0 Å². The van der Waals surface area contributed by atoms with Crippen LogP contribution in [0.5, 0.6) is 0 Å². The Kier molecular flexibility index (Phi) is 3.11. The summed E-state index contributed by atoms with van der Waals surface area (Å²) in [5, 5.41) is 3.39. The molecule has 5 nitrogen and oxygen atoms in total. The number of hydrogen-bond acceptors (Lipinski definition) is 5. The first-order valence-corrected chi connectivity index (χ1v) is 7.71. The molecule has 0 bridgehead atoms. The molecule has 0 aromatic carbocycles. The first-order valence-electron chi connectivity index (χ1n) is 7.71. The van der Waals surface area contributed by atoms with Crippen molar-refractivity contribution in [1.82, 2.24) is 14.9 Å². The van der Waals surface area contributed by atoms with Gasteiger partial charge in [0.1, 0.15) is 0 Å². The number of nitrogens with one attached hydrogen (secondary N) is 1. The van der Waals surface area contributed by atoms with Crippen molar-refractivity contribution >= 4 is 5.95 Å². The normalized spacial score (nSPS) is 33.9. The molecule has 4 rings (SSSR count). The average Bonchev–Trinajstić information content (AvgIpc) is 3.07. The number of anilines is 1. The molecule has 3 fully saturated rings. The Morgan fingerprint density at radius 3 is 3.00 bits per heavy atom. The maximum Gasteiger partial charge on any atom is 0.222 e. The number of likely N-dealkylation sites (tertiary alicyclic amines) is 1. The maximum atomic E-state index is 6.16. The molecule has 2 aliphatic heterocycles. The van der Waals surface area contributed by atoms with Gasteiger partial charge in [0.2, 0.25) is 5.95 Å². The van der Waals surface area contributed by atoms with Crippen LogP contribution in [-0.4, -0.2) is 52.8 Å². The highest BCUT2D eigenvalue weighted by Gasteiger charge is 2.46. The van der Waals surface area contributed by atoms with Gasteiger partial charge in [0.05, 0.1) is 18.2 Å². The third kappa shape index (κ3) is 2.65. The molecular formula is C15H22N4O. The van der Waals surface area contributed by atoms with Crippen LogP contribution in [-0.2, 0) is 4.74 Å². The fraction of sp³-hybridized carbons (Fsp3) is 0.733. The van der Waals surface area contributed by atoms with Crippen LogP contribution in [0.2, 0.25) is 0 Å². The molecule has 2 atom stereocenters. The van der Waals surface area contributed by atoms with Crippen molar-refractivity contribution in [3.05, 3.63) is 18.5 Å². The summed E-state index contributed by atoms with van der Waals surface area (Å²) in [5.74, 6) is 1.68. The molecule has 0 amide bonds. The van der Waals surface area contributed by atoms with Gasteiger partial charge >= 0.3 is 0 Å². The Balaban J connectivity index is 1.33. The first kappa shape index (κ1) is 12.5. The van der Waals surface area contributed by atoms with Crippen molar-refractivity contribution in [3.8, 4) is 0 Å². The number of nitrogens with zero attached hydrogens (tertiary/aromatic N) is 3. The Morgan fingerprint density at radius 2 is 2.20 bits per heavy atom. The summed E-state index contributed by atoms with van der Waals surface area (Å²) < 4.78 is 6.16. The highest BCUT2D eigenvalue weighted by Crippen LogP contribution is 2.38. The third-order valence-corrected chi connectivity index (χ3v) is 4.72. The number of hydrogen-bond donors (Lipinski definition) is 1. The summed E-state index contributed by atoms with van der Waals surface area (Å²) in [4.78, 5) is 11.1. The minimum atomic E-state index is 0.0847. The van der Waals surface area contributed by atoms with Gasteiger partial charge in [-0.15, -0.1) is 0 Å². The first-order chi connectivity index (χ1) is 9.81. The molecule has 2 saturated heterocycles. The fourth-order valence-electron chi connectivity index (χ4n) is 3.53. The van der Waals surface area contributed by atoms with E-state index in [2.05, 4.69) is 20.2 Å². The molecule has 108 valence electrons. The van der Waals surface area contributed by atoms with Crippen LogP contribution in [0, 0.1) is 5.92 Å². The van der Waals surface area contributed by atoms with E-state index < -0.39 is 0 Å². The summed E-state index contributed by atoms with van der Waals surface area (Å²) in [5.41, 5.74) is 0.0847. The van der Waals surface area contributed by atoms with Crippen molar-refractivity contribution in [2.75, 3.05) is 31.6 Å². The van der Waals surface area contributed by atoms with E-state index in [0.717, 1.165) is 25.5 Å². The van der Waals surface area contributed by atoms with E-state index in [-0.39, 0.29) is 5.60 Å². The van der Waals surface area contributed by atoms with Crippen LogP contribution in [0.25, 0.3) is 0 Å². The van der Waals surface area contributed by atoms with E-state index in [9.17, 15) is 0 Å². The quantitative estimate of drug-likeness (QED) is 0.902. The third-order valence-electron chi connectivity index (χ3n) is 4.72. The molecule has 1 aromatic rings. The minimum absolute atomic E-state index is 0.0847. The van der Waals surface area contributed by atoms with Crippen LogP contribution in [0.4, 0.5) is 5.95 Å². The second kappa shape index (κ2) is 4.97. The lowest BCUT2D eigenvalue weighted by molar-refractivity contribution is 0.0123. The molecule has 1 aliphatic carbocycles. The highest BCUT2D eigenvalue weighted by molar-refractivity contribution is 5.25. The molecule has 1 N–H and O–H groups in total. The zero-order valence-corrected chi connectivity index (χ0v) is 11.8. The smallest absolute Gasteiger partial charge is 0.222 e. The van der Waals surface area contributed by atoms with E-state index >= 15 is 0 Å². The van der Waals surface area contributed by atoms with Gasteiger partial charge in [-0.05, 0) is 31.2 Å². The zero-order valence-electron chi connectivity index (χ0n) is 11.8.